The van der Waals surface area contributed by atoms with E-state index in [9.17, 15) is 4.79 Å². The molecule has 150 valence electrons. The molecular formula is C23H19ClN4O2. The average molecular weight is 419 g/mol. The van der Waals surface area contributed by atoms with Crippen LogP contribution in [-0.4, -0.2) is 16.2 Å². The number of amides is 2. The molecule has 0 bridgehead atoms. The van der Waals surface area contributed by atoms with E-state index in [1.165, 1.54) is 0 Å². The second kappa shape index (κ2) is 8.80. The molecule has 3 aromatic carbocycles. The molecule has 0 saturated carbocycles. The molecule has 0 saturated heterocycles. The molecule has 0 aliphatic carbocycles. The molecule has 6 nitrogen and oxygen atoms in total. The number of rotatable bonds is 5. The van der Waals surface area contributed by atoms with Crippen molar-refractivity contribution in [3.63, 3.8) is 0 Å². The number of aromatic nitrogens is 2. The number of anilines is 1. The van der Waals surface area contributed by atoms with Crippen molar-refractivity contribution in [3.05, 3.63) is 101 Å². The molecule has 7 heteroatoms. The number of nitrogens with zero attached hydrogens (tertiary/aromatic N) is 2. The summed E-state index contributed by atoms with van der Waals surface area (Å²) in [7, 11) is 0. The van der Waals surface area contributed by atoms with Crippen LogP contribution in [0.15, 0.2) is 83.3 Å². The van der Waals surface area contributed by atoms with E-state index in [1.807, 2.05) is 67.6 Å². The summed E-state index contributed by atoms with van der Waals surface area (Å²) in [4.78, 5) is 12.8. The Bertz CT molecular complexity index is 1150. The molecule has 0 unspecified atom stereocenters. The summed E-state index contributed by atoms with van der Waals surface area (Å²) in [6.07, 6.45) is 0. The molecule has 1 heterocycles. The molecule has 0 aliphatic rings. The maximum absolute atomic E-state index is 12.8. The van der Waals surface area contributed by atoms with Gasteiger partial charge in [0.25, 0.3) is 0 Å². The molecule has 4 rings (SSSR count). The zero-order valence-corrected chi connectivity index (χ0v) is 16.9. The molecule has 0 aliphatic heterocycles. The average Bonchev–Trinajstić information content (AvgIpc) is 3.26. The van der Waals surface area contributed by atoms with Gasteiger partial charge in [-0.2, -0.15) is 0 Å². The van der Waals surface area contributed by atoms with Gasteiger partial charge in [0.05, 0.1) is 0 Å². The van der Waals surface area contributed by atoms with Gasteiger partial charge in [-0.05, 0) is 42.3 Å². The Kier molecular flexibility index (Phi) is 5.77. The second-order valence-corrected chi connectivity index (χ2v) is 7.07. The third kappa shape index (κ3) is 4.34. The molecule has 2 amide bonds. The first kappa shape index (κ1) is 19.7. The van der Waals surface area contributed by atoms with E-state index in [4.69, 9.17) is 16.0 Å². The fourth-order valence-electron chi connectivity index (χ4n) is 3.01. The standard InChI is InChI=1S/C23H19ClN4O2/c1-15-18(24)13-8-14-19(15)25-23(29)26-20(16-9-4-2-5-10-16)22-28-27-21(30-22)17-11-6-3-7-12-17/h2-14,20H,1H3,(H2,25,26,29)/t20-/m0/s1. The zero-order valence-electron chi connectivity index (χ0n) is 16.2. The van der Waals surface area contributed by atoms with Crippen LogP contribution in [0.4, 0.5) is 10.5 Å². The number of halogens is 1. The van der Waals surface area contributed by atoms with E-state index in [2.05, 4.69) is 20.8 Å². The Balaban J connectivity index is 1.61. The quantitative estimate of drug-likeness (QED) is 0.441. The molecule has 0 radical (unpaired) electrons. The number of nitrogens with one attached hydrogen (secondary N) is 2. The van der Waals surface area contributed by atoms with Crippen LogP contribution in [0.3, 0.4) is 0 Å². The Labute approximate surface area is 178 Å². The van der Waals surface area contributed by atoms with Crippen molar-refractivity contribution in [3.8, 4) is 11.5 Å². The number of hydrogen-bond acceptors (Lipinski definition) is 4. The SMILES string of the molecule is Cc1c(Cl)cccc1NC(=O)N[C@@H](c1ccccc1)c1nnc(-c2ccccc2)o1. The first-order valence-corrected chi connectivity index (χ1v) is 9.76. The summed E-state index contributed by atoms with van der Waals surface area (Å²) in [5.41, 5.74) is 3.04. The van der Waals surface area contributed by atoms with Gasteiger partial charge in [-0.25, -0.2) is 4.79 Å². The van der Waals surface area contributed by atoms with Crippen molar-refractivity contribution in [2.24, 2.45) is 0 Å². The van der Waals surface area contributed by atoms with E-state index < -0.39 is 12.1 Å². The third-order valence-corrected chi connectivity index (χ3v) is 5.04. The lowest BCUT2D eigenvalue weighted by Crippen LogP contribution is -2.33. The van der Waals surface area contributed by atoms with Gasteiger partial charge < -0.3 is 15.1 Å². The van der Waals surface area contributed by atoms with Gasteiger partial charge in [-0.3, -0.25) is 0 Å². The van der Waals surface area contributed by atoms with Crippen LogP contribution >= 0.6 is 11.6 Å². The summed E-state index contributed by atoms with van der Waals surface area (Å²) < 4.78 is 5.89. The van der Waals surface area contributed by atoms with Gasteiger partial charge in [0.1, 0.15) is 6.04 Å². The largest absolute Gasteiger partial charge is 0.418 e. The van der Waals surface area contributed by atoms with Crippen LogP contribution in [0.25, 0.3) is 11.5 Å². The normalized spacial score (nSPS) is 11.7. The van der Waals surface area contributed by atoms with E-state index in [1.54, 1.807) is 18.2 Å². The highest BCUT2D eigenvalue weighted by molar-refractivity contribution is 6.31. The van der Waals surface area contributed by atoms with E-state index in [-0.39, 0.29) is 5.89 Å². The summed E-state index contributed by atoms with van der Waals surface area (Å²) in [6.45, 7) is 1.84. The van der Waals surface area contributed by atoms with Crippen LogP contribution < -0.4 is 10.6 Å². The molecule has 4 aromatic rings. The van der Waals surface area contributed by atoms with Gasteiger partial charge in [-0.1, -0.05) is 66.2 Å². The molecular weight excluding hydrogens is 400 g/mol. The summed E-state index contributed by atoms with van der Waals surface area (Å²) in [5, 5.41) is 14.7. The Morgan fingerprint density at radius 3 is 2.37 bits per heavy atom. The highest BCUT2D eigenvalue weighted by Crippen LogP contribution is 2.26. The van der Waals surface area contributed by atoms with Crippen molar-refractivity contribution in [2.45, 2.75) is 13.0 Å². The fraction of sp³-hybridized carbons (Fsp3) is 0.0870. The van der Waals surface area contributed by atoms with Crippen molar-refractivity contribution in [2.75, 3.05) is 5.32 Å². The van der Waals surface area contributed by atoms with Crippen molar-refractivity contribution in [1.29, 1.82) is 0 Å². The predicted molar refractivity (Wildman–Crippen MR) is 116 cm³/mol. The van der Waals surface area contributed by atoms with Gasteiger partial charge >= 0.3 is 6.03 Å². The maximum atomic E-state index is 12.8. The monoisotopic (exact) mass is 418 g/mol. The highest BCUT2D eigenvalue weighted by Gasteiger charge is 2.23. The molecule has 2 N–H and O–H groups in total. The molecule has 0 spiro atoms. The molecule has 30 heavy (non-hydrogen) atoms. The number of urea groups is 1. The van der Waals surface area contributed by atoms with Crippen molar-refractivity contribution >= 4 is 23.3 Å². The van der Waals surface area contributed by atoms with Crippen LogP contribution in [0, 0.1) is 6.92 Å². The maximum Gasteiger partial charge on any atom is 0.320 e. The predicted octanol–water partition coefficient (Wildman–Crippen LogP) is 5.61. The topological polar surface area (TPSA) is 80.0 Å². The molecule has 1 atom stereocenters. The van der Waals surface area contributed by atoms with E-state index in [0.29, 0.717) is 16.6 Å². The third-order valence-electron chi connectivity index (χ3n) is 4.63. The molecule has 0 fully saturated rings. The molecule has 1 aromatic heterocycles. The number of carbonyl (C=O) groups excluding carboxylic acids is 1. The summed E-state index contributed by atoms with van der Waals surface area (Å²) in [5.74, 6) is 0.678. The van der Waals surface area contributed by atoms with Crippen LogP contribution in [0.1, 0.15) is 23.1 Å². The minimum absolute atomic E-state index is 0.290. The first-order chi connectivity index (χ1) is 14.6. The van der Waals surface area contributed by atoms with Crippen LogP contribution in [0.2, 0.25) is 5.02 Å². The number of carbonyl (C=O) groups is 1. The van der Waals surface area contributed by atoms with Crippen LogP contribution in [0.5, 0.6) is 0 Å². The van der Waals surface area contributed by atoms with Gasteiger partial charge in [0.2, 0.25) is 11.8 Å². The van der Waals surface area contributed by atoms with Gasteiger partial charge in [0.15, 0.2) is 0 Å². The van der Waals surface area contributed by atoms with Crippen molar-refractivity contribution < 1.29 is 9.21 Å². The lowest BCUT2D eigenvalue weighted by Gasteiger charge is -2.17. The summed E-state index contributed by atoms with van der Waals surface area (Å²) in [6, 6.07) is 23.3. The van der Waals surface area contributed by atoms with Gasteiger partial charge in [-0.15, -0.1) is 10.2 Å². The van der Waals surface area contributed by atoms with E-state index in [0.717, 1.165) is 16.7 Å². The number of benzene rings is 3. The lowest BCUT2D eigenvalue weighted by atomic mass is 10.1. The lowest BCUT2D eigenvalue weighted by molar-refractivity contribution is 0.248. The summed E-state index contributed by atoms with van der Waals surface area (Å²) >= 11 is 6.15. The van der Waals surface area contributed by atoms with Gasteiger partial charge in [0, 0.05) is 16.3 Å². The first-order valence-electron chi connectivity index (χ1n) is 9.38. The van der Waals surface area contributed by atoms with E-state index >= 15 is 0 Å². The Morgan fingerprint density at radius 1 is 0.933 bits per heavy atom. The fourth-order valence-corrected chi connectivity index (χ4v) is 3.19. The minimum Gasteiger partial charge on any atom is -0.418 e. The van der Waals surface area contributed by atoms with Crippen molar-refractivity contribution in [1.82, 2.24) is 15.5 Å². The Morgan fingerprint density at radius 2 is 1.63 bits per heavy atom. The minimum atomic E-state index is -0.615. The number of hydrogen-bond donors (Lipinski definition) is 2. The zero-order chi connectivity index (χ0) is 20.9. The second-order valence-electron chi connectivity index (χ2n) is 6.67. The smallest absolute Gasteiger partial charge is 0.320 e. The van der Waals surface area contributed by atoms with Crippen LogP contribution in [-0.2, 0) is 0 Å². The Hall–Kier alpha value is -3.64. The highest BCUT2D eigenvalue weighted by atomic mass is 35.5.